The van der Waals surface area contributed by atoms with E-state index in [1.54, 1.807) is 16.8 Å². The fourth-order valence-electron chi connectivity index (χ4n) is 3.91. The van der Waals surface area contributed by atoms with Gasteiger partial charge in [0.2, 0.25) is 0 Å². The Morgan fingerprint density at radius 2 is 2.14 bits per heavy atom. The molecule has 2 aromatic heterocycles. The molecule has 0 saturated carbocycles. The molecule has 1 aliphatic heterocycles. The molecule has 4 rings (SSSR count). The Kier molecular flexibility index (Phi) is 5.46. The standard InChI is InChI=1S/C21H24ClN5OS/c1-21(2)13-26(3)9-8-14-4-5-16(10-17(14)21)27-12-15(24-25-27)11-23-20(28)18-6-7-19(22)29-18/h4-7,10,12H,8-9,11,13H2,1-3H3,(H,23,28). The maximum atomic E-state index is 12.2. The summed E-state index contributed by atoms with van der Waals surface area (Å²) in [5.74, 6) is -0.160. The first-order valence-electron chi connectivity index (χ1n) is 9.59. The fraction of sp³-hybridized carbons (Fsp3) is 0.381. The highest BCUT2D eigenvalue weighted by atomic mass is 35.5. The van der Waals surface area contributed by atoms with Crippen molar-refractivity contribution >= 4 is 28.8 Å². The second kappa shape index (κ2) is 7.89. The summed E-state index contributed by atoms with van der Waals surface area (Å²) >= 11 is 7.15. The lowest BCUT2D eigenvalue weighted by atomic mass is 9.81. The number of nitrogens with one attached hydrogen (secondary N) is 1. The van der Waals surface area contributed by atoms with Crippen molar-refractivity contribution in [1.82, 2.24) is 25.2 Å². The number of hydrogen-bond donors (Lipinski definition) is 1. The second-order valence-electron chi connectivity index (χ2n) is 8.15. The highest BCUT2D eigenvalue weighted by Crippen LogP contribution is 2.32. The number of carbonyl (C=O) groups excluding carboxylic acids is 1. The largest absolute Gasteiger partial charge is 0.346 e. The molecule has 8 heteroatoms. The molecular weight excluding hydrogens is 406 g/mol. The monoisotopic (exact) mass is 429 g/mol. The number of likely N-dealkylation sites (N-methyl/N-ethyl adjacent to an activating group) is 1. The van der Waals surface area contributed by atoms with Crippen LogP contribution in [0.4, 0.5) is 0 Å². The number of thiophene rings is 1. The highest BCUT2D eigenvalue weighted by Gasteiger charge is 2.28. The van der Waals surface area contributed by atoms with Crippen molar-refractivity contribution in [3.05, 3.63) is 62.6 Å². The molecule has 0 spiro atoms. The minimum Gasteiger partial charge on any atom is -0.346 e. The Hall–Kier alpha value is -2.22. The zero-order valence-corrected chi connectivity index (χ0v) is 18.3. The molecule has 0 fully saturated rings. The topological polar surface area (TPSA) is 63.0 Å². The summed E-state index contributed by atoms with van der Waals surface area (Å²) in [6, 6.07) is 9.95. The van der Waals surface area contributed by atoms with E-state index in [4.69, 9.17) is 11.6 Å². The van der Waals surface area contributed by atoms with Crippen LogP contribution in [0, 0.1) is 0 Å². The fourth-order valence-corrected chi connectivity index (χ4v) is 4.86. The smallest absolute Gasteiger partial charge is 0.261 e. The van der Waals surface area contributed by atoms with E-state index in [1.165, 1.54) is 22.5 Å². The third-order valence-electron chi connectivity index (χ3n) is 5.28. The van der Waals surface area contributed by atoms with E-state index in [1.807, 2.05) is 6.20 Å². The molecule has 1 amide bonds. The summed E-state index contributed by atoms with van der Waals surface area (Å²) in [6.45, 7) is 6.98. The Labute approximate surface area is 179 Å². The van der Waals surface area contributed by atoms with Gasteiger partial charge in [0.15, 0.2) is 0 Å². The van der Waals surface area contributed by atoms with E-state index in [2.05, 4.69) is 59.6 Å². The van der Waals surface area contributed by atoms with Crippen LogP contribution < -0.4 is 5.32 Å². The average Bonchev–Trinajstić information content (AvgIpc) is 3.30. The Morgan fingerprint density at radius 1 is 1.31 bits per heavy atom. The molecule has 0 unspecified atom stereocenters. The first kappa shape index (κ1) is 20.1. The lowest BCUT2D eigenvalue weighted by molar-refractivity contribution is 0.0954. The first-order chi connectivity index (χ1) is 13.8. The summed E-state index contributed by atoms with van der Waals surface area (Å²) in [5, 5.41) is 11.3. The van der Waals surface area contributed by atoms with Crippen LogP contribution in [-0.2, 0) is 18.4 Å². The molecule has 1 N–H and O–H groups in total. The van der Waals surface area contributed by atoms with E-state index in [0.29, 0.717) is 21.5 Å². The van der Waals surface area contributed by atoms with Crippen LogP contribution in [0.5, 0.6) is 0 Å². The van der Waals surface area contributed by atoms with Crippen molar-refractivity contribution in [2.45, 2.75) is 32.2 Å². The van der Waals surface area contributed by atoms with Crippen LogP contribution in [0.1, 0.15) is 40.3 Å². The van der Waals surface area contributed by atoms with Crippen molar-refractivity contribution in [2.24, 2.45) is 0 Å². The summed E-state index contributed by atoms with van der Waals surface area (Å²) in [5.41, 5.74) is 4.51. The normalized spacial score (nSPS) is 16.3. The summed E-state index contributed by atoms with van der Waals surface area (Å²) in [6.07, 6.45) is 2.91. The molecular formula is C21H24ClN5OS. The Morgan fingerprint density at radius 3 is 2.90 bits per heavy atom. The number of halogens is 1. The van der Waals surface area contributed by atoms with Gasteiger partial charge in [-0.1, -0.05) is 36.7 Å². The minimum absolute atomic E-state index is 0.0654. The van der Waals surface area contributed by atoms with Crippen LogP contribution in [-0.4, -0.2) is 45.9 Å². The van der Waals surface area contributed by atoms with E-state index in [-0.39, 0.29) is 11.3 Å². The summed E-state index contributed by atoms with van der Waals surface area (Å²) in [7, 11) is 2.18. The van der Waals surface area contributed by atoms with Gasteiger partial charge in [-0.15, -0.1) is 16.4 Å². The van der Waals surface area contributed by atoms with Crippen molar-refractivity contribution in [3.8, 4) is 5.69 Å². The van der Waals surface area contributed by atoms with Gasteiger partial charge in [0.1, 0.15) is 5.69 Å². The zero-order valence-electron chi connectivity index (χ0n) is 16.8. The first-order valence-corrected chi connectivity index (χ1v) is 10.8. The molecule has 3 aromatic rings. The van der Waals surface area contributed by atoms with Gasteiger partial charge < -0.3 is 10.2 Å². The van der Waals surface area contributed by atoms with E-state index >= 15 is 0 Å². The van der Waals surface area contributed by atoms with E-state index in [9.17, 15) is 4.79 Å². The highest BCUT2D eigenvalue weighted by molar-refractivity contribution is 7.17. The van der Waals surface area contributed by atoms with Crippen LogP contribution in [0.15, 0.2) is 36.5 Å². The van der Waals surface area contributed by atoms with Gasteiger partial charge in [-0.3, -0.25) is 4.79 Å². The van der Waals surface area contributed by atoms with Crippen molar-refractivity contribution in [1.29, 1.82) is 0 Å². The molecule has 6 nitrogen and oxygen atoms in total. The quantitative estimate of drug-likeness (QED) is 0.687. The maximum absolute atomic E-state index is 12.2. The molecule has 1 aromatic carbocycles. The molecule has 3 heterocycles. The molecule has 0 bridgehead atoms. The number of amides is 1. The van der Waals surface area contributed by atoms with Gasteiger partial charge >= 0.3 is 0 Å². The van der Waals surface area contributed by atoms with Crippen molar-refractivity contribution in [2.75, 3.05) is 20.1 Å². The lowest BCUT2D eigenvalue weighted by Crippen LogP contribution is -2.33. The molecule has 0 atom stereocenters. The molecule has 0 saturated heterocycles. The zero-order chi connectivity index (χ0) is 20.6. The number of fused-ring (bicyclic) bond motifs is 1. The third-order valence-corrected chi connectivity index (χ3v) is 6.51. The molecule has 29 heavy (non-hydrogen) atoms. The van der Waals surface area contributed by atoms with E-state index < -0.39 is 0 Å². The third kappa shape index (κ3) is 4.37. The van der Waals surface area contributed by atoms with Gasteiger partial charge in [-0.25, -0.2) is 4.68 Å². The number of rotatable bonds is 4. The number of nitrogens with zero attached hydrogens (tertiary/aromatic N) is 4. The summed E-state index contributed by atoms with van der Waals surface area (Å²) in [4.78, 5) is 15.2. The molecule has 0 radical (unpaired) electrons. The maximum Gasteiger partial charge on any atom is 0.261 e. The number of carbonyl (C=O) groups is 1. The van der Waals surface area contributed by atoms with Crippen LogP contribution in [0.3, 0.4) is 0 Å². The summed E-state index contributed by atoms with van der Waals surface area (Å²) < 4.78 is 2.37. The van der Waals surface area contributed by atoms with Crippen molar-refractivity contribution < 1.29 is 4.79 Å². The molecule has 1 aliphatic rings. The van der Waals surface area contributed by atoms with Crippen LogP contribution >= 0.6 is 22.9 Å². The molecule has 152 valence electrons. The Bertz CT molecular complexity index is 1040. The minimum atomic E-state index is -0.160. The molecule has 0 aliphatic carbocycles. The second-order valence-corrected chi connectivity index (χ2v) is 9.87. The number of aromatic nitrogens is 3. The Balaban J connectivity index is 1.50. The van der Waals surface area contributed by atoms with Gasteiger partial charge in [-0.2, -0.15) is 0 Å². The lowest BCUT2D eigenvalue weighted by Gasteiger charge is -2.29. The van der Waals surface area contributed by atoms with Crippen LogP contribution in [0.25, 0.3) is 5.69 Å². The predicted molar refractivity (Wildman–Crippen MR) is 116 cm³/mol. The van der Waals surface area contributed by atoms with E-state index in [0.717, 1.165) is 25.2 Å². The predicted octanol–water partition coefficient (Wildman–Crippen LogP) is 3.68. The van der Waals surface area contributed by atoms with Gasteiger partial charge in [0, 0.05) is 18.5 Å². The SMILES string of the molecule is CN1CCc2ccc(-n3cc(CNC(=O)c4ccc(Cl)s4)nn3)cc2C(C)(C)C1. The van der Waals surface area contributed by atoms with Crippen LogP contribution in [0.2, 0.25) is 4.34 Å². The number of hydrogen-bond acceptors (Lipinski definition) is 5. The van der Waals surface area contributed by atoms with Gasteiger partial charge in [0.25, 0.3) is 5.91 Å². The van der Waals surface area contributed by atoms with Crippen molar-refractivity contribution in [3.63, 3.8) is 0 Å². The number of benzene rings is 1. The average molecular weight is 430 g/mol. The van der Waals surface area contributed by atoms with Gasteiger partial charge in [-0.05, 0) is 48.9 Å². The van der Waals surface area contributed by atoms with Gasteiger partial charge in [0.05, 0.1) is 27.6 Å².